The standard InChI is InChI=1S/C12H22N4O/c1-4-10-9(5-6-17-10)12-15-14-11(7-13)16(12)8(2)3/h8-10H,4-7,13H2,1-3H3. The Kier molecular flexibility index (Phi) is 3.79. The molecule has 0 saturated carbocycles. The van der Waals surface area contributed by atoms with Crippen LogP contribution in [0.4, 0.5) is 0 Å². The Morgan fingerprint density at radius 3 is 2.82 bits per heavy atom. The lowest BCUT2D eigenvalue weighted by atomic mass is 9.98. The third kappa shape index (κ3) is 2.21. The Hall–Kier alpha value is -0.940. The molecule has 96 valence electrons. The summed E-state index contributed by atoms with van der Waals surface area (Å²) in [5.41, 5.74) is 5.71. The molecule has 5 heteroatoms. The minimum atomic E-state index is 0.280. The largest absolute Gasteiger partial charge is 0.377 e. The molecule has 0 bridgehead atoms. The van der Waals surface area contributed by atoms with Crippen molar-refractivity contribution >= 4 is 0 Å². The molecule has 2 atom stereocenters. The zero-order valence-corrected chi connectivity index (χ0v) is 10.9. The molecule has 1 aliphatic rings. The molecule has 0 amide bonds. The van der Waals surface area contributed by atoms with Gasteiger partial charge in [0.25, 0.3) is 0 Å². The Balaban J connectivity index is 2.34. The second kappa shape index (κ2) is 5.14. The SMILES string of the molecule is CCC1OCCC1c1nnc(CN)n1C(C)C. The van der Waals surface area contributed by atoms with Crippen molar-refractivity contribution in [3.63, 3.8) is 0 Å². The monoisotopic (exact) mass is 238 g/mol. The summed E-state index contributed by atoms with van der Waals surface area (Å²) >= 11 is 0. The van der Waals surface area contributed by atoms with Crippen LogP contribution in [0.25, 0.3) is 0 Å². The van der Waals surface area contributed by atoms with Gasteiger partial charge in [-0.05, 0) is 26.7 Å². The molecule has 1 saturated heterocycles. The molecular formula is C12H22N4O. The molecule has 0 spiro atoms. The first-order chi connectivity index (χ1) is 8.19. The summed E-state index contributed by atoms with van der Waals surface area (Å²) in [7, 11) is 0. The average molecular weight is 238 g/mol. The van der Waals surface area contributed by atoms with Gasteiger partial charge in [-0.1, -0.05) is 6.92 Å². The number of hydrogen-bond acceptors (Lipinski definition) is 4. The maximum Gasteiger partial charge on any atom is 0.147 e. The molecule has 1 aliphatic heterocycles. The van der Waals surface area contributed by atoms with Gasteiger partial charge in [-0.25, -0.2) is 0 Å². The van der Waals surface area contributed by atoms with E-state index < -0.39 is 0 Å². The van der Waals surface area contributed by atoms with Crippen molar-refractivity contribution in [1.82, 2.24) is 14.8 Å². The van der Waals surface area contributed by atoms with Crippen molar-refractivity contribution in [1.29, 1.82) is 0 Å². The summed E-state index contributed by atoms with van der Waals surface area (Å²) in [6.45, 7) is 7.70. The predicted octanol–water partition coefficient (Wildman–Crippen LogP) is 1.60. The fraction of sp³-hybridized carbons (Fsp3) is 0.833. The van der Waals surface area contributed by atoms with Gasteiger partial charge in [0.05, 0.1) is 12.6 Å². The van der Waals surface area contributed by atoms with Gasteiger partial charge in [0, 0.05) is 18.6 Å². The van der Waals surface area contributed by atoms with Gasteiger partial charge in [0.1, 0.15) is 11.6 Å². The summed E-state index contributed by atoms with van der Waals surface area (Å²) < 4.78 is 7.90. The van der Waals surface area contributed by atoms with Gasteiger partial charge in [-0.3, -0.25) is 0 Å². The highest BCUT2D eigenvalue weighted by Crippen LogP contribution is 2.33. The molecule has 1 aromatic rings. The highest BCUT2D eigenvalue weighted by Gasteiger charge is 2.33. The van der Waals surface area contributed by atoms with Crippen molar-refractivity contribution in [3.05, 3.63) is 11.6 Å². The fourth-order valence-corrected chi connectivity index (χ4v) is 2.64. The van der Waals surface area contributed by atoms with E-state index in [1.54, 1.807) is 0 Å². The van der Waals surface area contributed by atoms with Gasteiger partial charge in [0.15, 0.2) is 0 Å². The van der Waals surface area contributed by atoms with Crippen molar-refractivity contribution in [3.8, 4) is 0 Å². The van der Waals surface area contributed by atoms with Gasteiger partial charge in [0.2, 0.25) is 0 Å². The normalized spacial score (nSPS) is 24.8. The first-order valence-corrected chi connectivity index (χ1v) is 6.44. The van der Waals surface area contributed by atoms with E-state index in [0.29, 0.717) is 18.5 Å². The molecule has 2 N–H and O–H groups in total. The predicted molar refractivity (Wildman–Crippen MR) is 65.7 cm³/mol. The maximum absolute atomic E-state index is 5.73. The van der Waals surface area contributed by atoms with Crippen LogP contribution in [-0.2, 0) is 11.3 Å². The van der Waals surface area contributed by atoms with Crippen LogP contribution in [0, 0.1) is 0 Å². The Morgan fingerprint density at radius 2 is 2.24 bits per heavy atom. The number of nitrogens with two attached hydrogens (primary N) is 1. The lowest BCUT2D eigenvalue weighted by Crippen LogP contribution is -2.20. The second-order valence-electron chi connectivity index (χ2n) is 4.85. The van der Waals surface area contributed by atoms with Crippen molar-refractivity contribution in [2.75, 3.05) is 6.61 Å². The molecule has 0 aliphatic carbocycles. The van der Waals surface area contributed by atoms with E-state index in [1.165, 1.54) is 0 Å². The van der Waals surface area contributed by atoms with E-state index in [2.05, 4.69) is 35.5 Å². The van der Waals surface area contributed by atoms with Crippen LogP contribution in [0.3, 0.4) is 0 Å². The van der Waals surface area contributed by atoms with E-state index in [1.807, 2.05) is 0 Å². The maximum atomic E-state index is 5.73. The Bertz CT molecular complexity index is 375. The molecule has 0 aromatic carbocycles. The minimum Gasteiger partial charge on any atom is -0.377 e. The van der Waals surface area contributed by atoms with E-state index in [0.717, 1.165) is 31.1 Å². The van der Waals surface area contributed by atoms with E-state index in [-0.39, 0.29) is 6.10 Å². The zero-order valence-electron chi connectivity index (χ0n) is 10.9. The van der Waals surface area contributed by atoms with Crippen LogP contribution < -0.4 is 5.73 Å². The summed E-state index contributed by atoms with van der Waals surface area (Å²) in [4.78, 5) is 0. The van der Waals surface area contributed by atoms with Crippen molar-refractivity contribution in [2.24, 2.45) is 5.73 Å². The average Bonchev–Trinajstić information content (AvgIpc) is 2.93. The topological polar surface area (TPSA) is 66.0 Å². The van der Waals surface area contributed by atoms with Crippen LogP contribution in [0.1, 0.15) is 57.2 Å². The molecule has 1 aromatic heterocycles. The van der Waals surface area contributed by atoms with Crippen LogP contribution in [0.2, 0.25) is 0 Å². The van der Waals surface area contributed by atoms with E-state index in [4.69, 9.17) is 10.5 Å². The molecular weight excluding hydrogens is 216 g/mol. The summed E-state index contributed by atoms with van der Waals surface area (Å²) in [5, 5.41) is 8.54. The third-order valence-electron chi connectivity index (χ3n) is 3.44. The van der Waals surface area contributed by atoms with Gasteiger partial charge < -0.3 is 15.0 Å². The molecule has 17 heavy (non-hydrogen) atoms. The highest BCUT2D eigenvalue weighted by molar-refractivity contribution is 5.07. The number of ether oxygens (including phenoxy) is 1. The van der Waals surface area contributed by atoms with Crippen LogP contribution in [-0.4, -0.2) is 27.5 Å². The number of hydrogen-bond donors (Lipinski definition) is 1. The van der Waals surface area contributed by atoms with Crippen LogP contribution in [0.15, 0.2) is 0 Å². The van der Waals surface area contributed by atoms with E-state index >= 15 is 0 Å². The zero-order chi connectivity index (χ0) is 12.4. The second-order valence-corrected chi connectivity index (χ2v) is 4.85. The molecule has 2 unspecified atom stereocenters. The number of aromatic nitrogens is 3. The Labute approximate surface area is 102 Å². The first kappa shape index (κ1) is 12.5. The number of rotatable bonds is 4. The first-order valence-electron chi connectivity index (χ1n) is 6.44. The van der Waals surface area contributed by atoms with Gasteiger partial charge >= 0.3 is 0 Å². The van der Waals surface area contributed by atoms with Crippen molar-refractivity contribution in [2.45, 2.75) is 58.2 Å². The quantitative estimate of drug-likeness (QED) is 0.865. The molecule has 5 nitrogen and oxygen atoms in total. The minimum absolute atomic E-state index is 0.280. The fourth-order valence-electron chi connectivity index (χ4n) is 2.64. The molecule has 0 radical (unpaired) electrons. The summed E-state index contributed by atoms with van der Waals surface area (Å²) in [6.07, 6.45) is 2.34. The Morgan fingerprint density at radius 1 is 1.47 bits per heavy atom. The third-order valence-corrected chi connectivity index (χ3v) is 3.44. The smallest absolute Gasteiger partial charge is 0.147 e. The van der Waals surface area contributed by atoms with Crippen LogP contribution >= 0.6 is 0 Å². The number of nitrogens with zero attached hydrogens (tertiary/aromatic N) is 3. The highest BCUT2D eigenvalue weighted by atomic mass is 16.5. The molecule has 2 heterocycles. The van der Waals surface area contributed by atoms with E-state index in [9.17, 15) is 0 Å². The molecule has 1 fully saturated rings. The van der Waals surface area contributed by atoms with Crippen molar-refractivity contribution < 1.29 is 4.74 Å². The lowest BCUT2D eigenvalue weighted by molar-refractivity contribution is 0.0986. The van der Waals surface area contributed by atoms with Gasteiger partial charge in [-0.15, -0.1) is 10.2 Å². The van der Waals surface area contributed by atoms with Gasteiger partial charge in [-0.2, -0.15) is 0 Å². The lowest BCUT2D eigenvalue weighted by Gasteiger charge is -2.20. The summed E-state index contributed by atoms with van der Waals surface area (Å²) in [5.74, 6) is 2.29. The summed E-state index contributed by atoms with van der Waals surface area (Å²) in [6, 6.07) is 0.344. The van der Waals surface area contributed by atoms with Crippen LogP contribution in [0.5, 0.6) is 0 Å². The molecule has 2 rings (SSSR count).